The van der Waals surface area contributed by atoms with Crippen molar-refractivity contribution in [1.29, 1.82) is 0 Å². The van der Waals surface area contributed by atoms with Crippen molar-refractivity contribution >= 4 is 11.5 Å². The maximum atomic E-state index is 4.66. The Morgan fingerprint density at radius 1 is 1.00 bits per heavy atom. The van der Waals surface area contributed by atoms with Crippen LogP contribution in [0.5, 0.6) is 0 Å². The Hall–Kier alpha value is -2.69. The molecule has 2 heterocycles. The molecule has 1 N–H and O–H groups in total. The van der Waals surface area contributed by atoms with Crippen LogP contribution in [0.15, 0.2) is 36.4 Å². The molecule has 0 aliphatic heterocycles. The third kappa shape index (κ3) is 2.70. The van der Waals surface area contributed by atoms with Gasteiger partial charge in [-0.15, -0.1) is 0 Å². The van der Waals surface area contributed by atoms with Crippen molar-refractivity contribution < 1.29 is 0 Å². The molecule has 0 spiro atoms. The van der Waals surface area contributed by atoms with Gasteiger partial charge in [-0.1, -0.05) is 18.2 Å². The molecule has 0 atom stereocenters. The van der Waals surface area contributed by atoms with Crippen molar-refractivity contribution in [3.8, 4) is 11.4 Å². The molecule has 0 amide bonds. The van der Waals surface area contributed by atoms with Crippen LogP contribution in [-0.4, -0.2) is 19.7 Å². The highest BCUT2D eigenvalue weighted by Crippen LogP contribution is 2.25. The highest BCUT2D eigenvalue weighted by molar-refractivity contribution is 5.65. The summed E-state index contributed by atoms with van der Waals surface area (Å²) in [6, 6.07) is 11.9. The summed E-state index contributed by atoms with van der Waals surface area (Å²) in [6.45, 7) is 5.99. The summed E-state index contributed by atoms with van der Waals surface area (Å²) in [7, 11) is 1.94. The Labute approximate surface area is 130 Å². The summed E-state index contributed by atoms with van der Waals surface area (Å²) in [4.78, 5) is 9.23. The zero-order chi connectivity index (χ0) is 15.7. The van der Waals surface area contributed by atoms with E-state index in [2.05, 4.69) is 20.4 Å². The second kappa shape index (κ2) is 5.60. The van der Waals surface area contributed by atoms with Crippen molar-refractivity contribution in [3.63, 3.8) is 0 Å². The molecule has 0 unspecified atom stereocenters. The van der Waals surface area contributed by atoms with Gasteiger partial charge in [-0.25, -0.2) is 9.97 Å². The minimum atomic E-state index is 0.710. The highest BCUT2D eigenvalue weighted by atomic mass is 15.3. The Kier molecular flexibility index (Phi) is 3.63. The number of rotatable bonds is 3. The van der Waals surface area contributed by atoms with Gasteiger partial charge in [-0.2, -0.15) is 5.10 Å². The van der Waals surface area contributed by atoms with Gasteiger partial charge >= 0.3 is 0 Å². The number of aromatic nitrogens is 4. The van der Waals surface area contributed by atoms with Crippen LogP contribution in [-0.2, 0) is 7.05 Å². The Balaban J connectivity index is 2.03. The minimum Gasteiger partial charge on any atom is -0.340 e. The van der Waals surface area contributed by atoms with Gasteiger partial charge in [0.25, 0.3) is 0 Å². The molecule has 0 aliphatic rings. The standard InChI is InChI=1S/C17H19N5/c1-11-10-15(19-14-8-6-5-7-9-14)20-17(18-11)16-12(2)21-22(4)13(16)3/h5-10H,1-4H3,(H,18,19,20). The zero-order valence-electron chi connectivity index (χ0n) is 13.3. The lowest BCUT2D eigenvalue weighted by Crippen LogP contribution is -2.00. The van der Waals surface area contributed by atoms with Crippen molar-refractivity contribution in [1.82, 2.24) is 19.7 Å². The normalized spacial score (nSPS) is 10.7. The lowest BCUT2D eigenvalue weighted by molar-refractivity contribution is 0.731. The maximum Gasteiger partial charge on any atom is 0.165 e. The van der Waals surface area contributed by atoms with Crippen LogP contribution in [0.25, 0.3) is 11.4 Å². The molecule has 3 rings (SSSR count). The van der Waals surface area contributed by atoms with Crippen LogP contribution < -0.4 is 5.32 Å². The summed E-state index contributed by atoms with van der Waals surface area (Å²) >= 11 is 0. The van der Waals surface area contributed by atoms with Gasteiger partial charge in [0.1, 0.15) is 5.82 Å². The highest BCUT2D eigenvalue weighted by Gasteiger charge is 2.15. The number of hydrogen-bond donors (Lipinski definition) is 1. The van der Waals surface area contributed by atoms with Crippen LogP contribution in [0.3, 0.4) is 0 Å². The number of nitrogens with one attached hydrogen (secondary N) is 1. The molecule has 0 bridgehead atoms. The number of nitrogens with zero attached hydrogens (tertiary/aromatic N) is 4. The molecule has 22 heavy (non-hydrogen) atoms. The van der Waals surface area contributed by atoms with Gasteiger partial charge in [-0.3, -0.25) is 4.68 Å². The second-order valence-electron chi connectivity index (χ2n) is 5.38. The summed E-state index contributed by atoms with van der Waals surface area (Å²) in [6.07, 6.45) is 0. The van der Waals surface area contributed by atoms with Crippen LogP contribution in [0, 0.1) is 20.8 Å². The Bertz CT molecular complexity index is 805. The molecule has 112 valence electrons. The van der Waals surface area contributed by atoms with E-state index in [1.807, 2.05) is 68.9 Å². The van der Waals surface area contributed by atoms with Crippen molar-refractivity contribution in [3.05, 3.63) is 53.5 Å². The maximum absolute atomic E-state index is 4.66. The summed E-state index contributed by atoms with van der Waals surface area (Å²) in [5, 5.41) is 7.77. The first kappa shape index (κ1) is 14.3. The molecular weight excluding hydrogens is 274 g/mol. The second-order valence-corrected chi connectivity index (χ2v) is 5.38. The summed E-state index contributed by atoms with van der Waals surface area (Å²) in [5.74, 6) is 1.50. The van der Waals surface area contributed by atoms with Crippen molar-refractivity contribution in [2.45, 2.75) is 20.8 Å². The average Bonchev–Trinajstić information content (AvgIpc) is 2.72. The van der Waals surface area contributed by atoms with E-state index in [9.17, 15) is 0 Å². The molecule has 3 aromatic rings. The lowest BCUT2D eigenvalue weighted by atomic mass is 10.2. The van der Waals surface area contributed by atoms with Gasteiger partial charge < -0.3 is 5.32 Å². The molecule has 0 fully saturated rings. The summed E-state index contributed by atoms with van der Waals surface area (Å²) < 4.78 is 1.86. The van der Waals surface area contributed by atoms with E-state index in [0.29, 0.717) is 5.82 Å². The van der Waals surface area contributed by atoms with Crippen molar-refractivity contribution in [2.75, 3.05) is 5.32 Å². The quantitative estimate of drug-likeness (QED) is 0.802. The fraction of sp³-hybridized carbons (Fsp3) is 0.235. The third-order valence-electron chi connectivity index (χ3n) is 3.63. The first-order chi connectivity index (χ1) is 10.5. The SMILES string of the molecule is Cc1cc(Nc2ccccc2)nc(-c2c(C)nn(C)c2C)n1. The van der Waals surface area contributed by atoms with Gasteiger partial charge in [0, 0.05) is 30.2 Å². The minimum absolute atomic E-state index is 0.710. The summed E-state index contributed by atoms with van der Waals surface area (Å²) in [5.41, 5.74) is 4.93. The molecule has 0 saturated heterocycles. The van der Waals surface area contributed by atoms with E-state index in [-0.39, 0.29) is 0 Å². The smallest absolute Gasteiger partial charge is 0.165 e. The number of benzene rings is 1. The topological polar surface area (TPSA) is 55.6 Å². The van der Waals surface area contributed by atoms with E-state index >= 15 is 0 Å². The van der Waals surface area contributed by atoms with Gasteiger partial charge in [0.2, 0.25) is 0 Å². The third-order valence-corrected chi connectivity index (χ3v) is 3.63. The number of aryl methyl sites for hydroxylation is 3. The van der Waals surface area contributed by atoms with E-state index in [0.717, 1.165) is 34.2 Å². The number of anilines is 2. The molecule has 5 nitrogen and oxygen atoms in total. The van der Waals surface area contributed by atoms with Crippen molar-refractivity contribution in [2.24, 2.45) is 7.05 Å². The molecular formula is C17H19N5. The average molecular weight is 293 g/mol. The van der Waals surface area contributed by atoms with E-state index in [1.54, 1.807) is 0 Å². The first-order valence-electron chi connectivity index (χ1n) is 7.23. The van der Waals surface area contributed by atoms with Crippen LogP contribution >= 0.6 is 0 Å². The Morgan fingerprint density at radius 3 is 2.36 bits per heavy atom. The molecule has 0 radical (unpaired) electrons. The fourth-order valence-electron chi connectivity index (χ4n) is 2.51. The molecule has 0 saturated carbocycles. The van der Waals surface area contributed by atoms with Gasteiger partial charge in [-0.05, 0) is 32.9 Å². The number of hydrogen-bond acceptors (Lipinski definition) is 4. The Morgan fingerprint density at radius 2 is 1.73 bits per heavy atom. The van der Waals surface area contributed by atoms with Gasteiger partial charge in [0.15, 0.2) is 5.82 Å². The number of para-hydroxylation sites is 1. The van der Waals surface area contributed by atoms with Crippen LogP contribution in [0.1, 0.15) is 17.1 Å². The molecule has 2 aromatic heterocycles. The largest absolute Gasteiger partial charge is 0.340 e. The van der Waals surface area contributed by atoms with Crippen LogP contribution in [0.2, 0.25) is 0 Å². The predicted octanol–water partition coefficient (Wildman–Crippen LogP) is 3.55. The predicted molar refractivity (Wildman–Crippen MR) is 88.2 cm³/mol. The van der Waals surface area contributed by atoms with E-state index in [1.165, 1.54) is 0 Å². The molecule has 0 aliphatic carbocycles. The fourth-order valence-corrected chi connectivity index (χ4v) is 2.51. The molecule has 5 heteroatoms. The van der Waals surface area contributed by atoms with Crippen LogP contribution in [0.4, 0.5) is 11.5 Å². The zero-order valence-corrected chi connectivity index (χ0v) is 13.3. The van der Waals surface area contributed by atoms with E-state index in [4.69, 9.17) is 0 Å². The van der Waals surface area contributed by atoms with E-state index < -0.39 is 0 Å². The lowest BCUT2D eigenvalue weighted by Gasteiger charge is -2.09. The molecule has 1 aromatic carbocycles. The van der Waals surface area contributed by atoms with Gasteiger partial charge in [0.05, 0.1) is 11.3 Å². The monoisotopic (exact) mass is 293 g/mol. The first-order valence-corrected chi connectivity index (χ1v) is 7.23.